The summed E-state index contributed by atoms with van der Waals surface area (Å²) in [5, 5.41) is 1.74. The number of ether oxygens (including phenoxy) is 1. The molecule has 26 heavy (non-hydrogen) atoms. The zero-order valence-corrected chi connectivity index (χ0v) is 13.3. The SMILES string of the molecule is C[C@H](OC(=O)c1ccc(-c2cccc(C(F)(F)F)c2)o1)C(=O)NC(N)=O. The maximum Gasteiger partial charge on any atom is 0.416 e. The number of hydrogen-bond acceptors (Lipinski definition) is 5. The van der Waals surface area contributed by atoms with Crippen LogP contribution in [0.1, 0.15) is 23.0 Å². The molecule has 0 saturated carbocycles. The Morgan fingerprint density at radius 2 is 1.88 bits per heavy atom. The van der Waals surface area contributed by atoms with E-state index in [1.54, 1.807) is 5.32 Å². The van der Waals surface area contributed by atoms with E-state index in [2.05, 4.69) is 0 Å². The standard InChI is InChI=1S/C16H13F3N2O5/c1-8(13(22)21-15(20)24)25-14(23)12-6-5-11(26-12)9-3-2-4-10(7-9)16(17,18)19/h2-8H,1H3,(H3,20,21,22,24)/t8-/m0/s1. The van der Waals surface area contributed by atoms with E-state index >= 15 is 0 Å². The molecular formula is C16H13F3N2O5. The lowest BCUT2D eigenvalue weighted by molar-refractivity contribution is -0.137. The van der Waals surface area contributed by atoms with Crippen molar-refractivity contribution in [3.05, 3.63) is 47.7 Å². The Kier molecular flexibility index (Phi) is 5.34. The topological polar surface area (TPSA) is 112 Å². The van der Waals surface area contributed by atoms with E-state index in [0.29, 0.717) is 0 Å². The number of rotatable bonds is 4. The maximum atomic E-state index is 12.8. The van der Waals surface area contributed by atoms with E-state index < -0.39 is 35.8 Å². The summed E-state index contributed by atoms with van der Waals surface area (Å²) in [6.45, 7) is 1.20. The van der Waals surface area contributed by atoms with Crippen LogP contribution in [0.3, 0.4) is 0 Å². The van der Waals surface area contributed by atoms with Crippen LogP contribution in [0.4, 0.5) is 18.0 Å². The molecular weight excluding hydrogens is 357 g/mol. The third-order valence-electron chi connectivity index (χ3n) is 3.18. The Balaban J connectivity index is 2.13. The number of carbonyl (C=O) groups is 3. The van der Waals surface area contributed by atoms with Gasteiger partial charge < -0.3 is 14.9 Å². The van der Waals surface area contributed by atoms with Crippen molar-refractivity contribution in [1.29, 1.82) is 0 Å². The number of furan rings is 1. The number of nitrogens with two attached hydrogens (primary N) is 1. The summed E-state index contributed by atoms with van der Waals surface area (Å²) in [4.78, 5) is 34.0. The van der Waals surface area contributed by atoms with Crippen LogP contribution < -0.4 is 11.1 Å². The number of primary amides is 1. The van der Waals surface area contributed by atoms with Gasteiger partial charge >= 0.3 is 18.2 Å². The lowest BCUT2D eigenvalue weighted by Crippen LogP contribution is -2.42. The number of hydrogen-bond donors (Lipinski definition) is 2. The van der Waals surface area contributed by atoms with Gasteiger partial charge in [0.05, 0.1) is 5.56 Å². The second kappa shape index (κ2) is 7.30. The number of esters is 1. The van der Waals surface area contributed by atoms with E-state index in [1.807, 2.05) is 0 Å². The van der Waals surface area contributed by atoms with Crippen LogP contribution in [0.25, 0.3) is 11.3 Å². The van der Waals surface area contributed by atoms with Crippen molar-refractivity contribution in [2.75, 3.05) is 0 Å². The Labute approximate surface area is 144 Å². The number of nitrogens with one attached hydrogen (secondary N) is 1. The Morgan fingerprint density at radius 3 is 2.50 bits per heavy atom. The van der Waals surface area contributed by atoms with Gasteiger partial charge in [0.15, 0.2) is 6.10 Å². The van der Waals surface area contributed by atoms with Gasteiger partial charge in [0, 0.05) is 5.56 Å². The molecule has 0 aliphatic heterocycles. The Morgan fingerprint density at radius 1 is 1.19 bits per heavy atom. The van der Waals surface area contributed by atoms with Gasteiger partial charge in [-0.05, 0) is 31.2 Å². The van der Waals surface area contributed by atoms with Crippen LogP contribution >= 0.6 is 0 Å². The molecule has 3 amide bonds. The smallest absolute Gasteiger partial charge is 0.416 e. The Hall–Kier alpha value is -3.30. The number of amides is 3. The third-order valence-corrected chi connectivity index (χ3v) is 3.18. The van der Waals surface area contributed by atoms with Crippen LogP contribution in [-0.2, 0) is 15.7 Å². The van der Waals surface area contributed by atoms with E-state index in [1.165, 1.54) is 31.2 Å². The molecule has 0 unspecified atom stereocenters. The number of urea groups is 1. The second-order valence-electron chi connectivity index (χ2n) is 5.14. The van der Waals surface area contributed by atoms with Gasteiger partial charge in [-0.15, -0.1) is 0 Å². The number of carbonyl (C=O) groups excluding carboxylic acids is 3. The summed E-state index contributed by atoms with van der Waals surface area (Å²) < 4.78 is 48.2. The van der Waals surface area contributed by atoms with Gasteiger partial charge in [-0.1, -0.05) is 12.1 Å². The predicted octanol–water partition coefficient (Wildman–Crippen LogP) is 2.71. The molecule has 0 aliphatic rings. The van der Waals surface area contributed by atoms with Crippen LogP contribution in [0, 0.1) is 0 Å². The predicted molar refractivity (Wildman–Crippen MR) is 81.7 cm³/mol. The molecule has 0 bridgehead atoms. The second-order valence-corrected chi connectivity index (χ2v) is 5.14. The molecule has 0 saturated heterocycles. The minimum atomic E-state index is -4.52. The van der Waals surface area contributed by atoms with E-state index in [0.717, 1.165) is 12.1 Å². The molecule has 0 aliphatic carbocycles. The molecule has 0 radical (unpaired) electrons. The van der Waals surface area contributed by atoms with Gasteiger partial charge in [-0.25, -0.2) is 9.59 Å². The molecule has 138 valence electrons. The fraction of sp³-hybridized carbons (Fsp3) is 0.188. The van der Waals surface area contributed by atoms with E-state index in [-0.39, 0.29) is 17.1 Å². The number of halogens is 3. The van der Waals surface area contributed by atoms with Gasteiger partial charge in [-0.2, -0.15) is 13.2 Å². The van der Waals surface area contributed by atoms with E-state index in [4.69, 9.17) is 14.9 Å². The van der Waals surface area contributed by atoms with Crippen molar-refractivity contribution >= 4 is 17.9 Å². The van der Waals surface area contributed by atoms with Crippen LogP contribution in [0.2, 0.25) is 0 Å². The third kappa shape index (κ3) is 4.62. The molecule has 1 heterocycles. The highest BCUT2D eigenvalue weighted by molar-refractivity contribution is 5.97. The molecule has 0 fully saturated rings. The average molecular weight is 370 g/mol. The Bertz CT molecular complexity index is 844. The number of benzene rings is 1. The quantitative estimate of drug-likeness (QED) is 0.804. The first-order valence-electron chi connectivity index (χ1n) is 7.16. The molecule has 2 rings (SSSR count). The summed E-state index contributed by atoms with van der Waals surface area (Å²) in [6, 6.07) is 5.73. The van der Waals surface area contributed by atoms with Crippen molar-refractivity contribution in [3.8, 4) is 11.3 Å². The molecule has 1 aromatic carbocycles. The normalized spacial score (nSPS) is 12.3. The van der Waals surface area contributed by atoms with Crippen molar-refractivity contribution in [2.24, 2.45) is 5.73 Å². The molecule has 1 aromatic heterocycles. The minimum absolute atomic E-state index is 0.0114. The number of alkyl halides is 3. The van der Waals surface area contributed by atoms with Gasteiger partial charge in [0.1, 0.15) is 5.76 Å². The first-order valence-corrected chi connectivity index (χ1v) is 7.16. The molecule has 0 spiro atoms. The average Bonchev–Trinajstić information content (AvgIpc) is 3.03. The minimum Gasteiger partial charge on any atom is -0.449 e. The summed E-state index contributed by atoms with van der Waals surface area (Å²) in [6.07, 6.45) is -5.86. The highest BCUT2D eigenvalue weighted by atomic mass is 19.4. The highest BCUT2D eigenvalue weighted by Gasteiger charge is 2.30. The molecule has 3 N–H and O–H groups in total. The fourth-order valence-electron chi connectivity index (χ4n) is 1.95. The molecule has 1 atom stereocenters. The van der Waals surface area contributed by atoms with Crippen molar-refractivity contribution in [2.45, 2.75) is 19.2 Å². The summed E-state index contributed by atoms with van der Waals surface area (Å²) in [7, 11) is 0. The molecule has 10 heteroatoms. The summed E-state index contributed by atoms with van der Waals surface area (Å²) >= 11 is 0. The lowest BCUT2D eigenvalue weighted by atomic mass is 10.1. The van der Waals surface area contributed by atoms with Gasteiger partial charge in [0.2, 0.25) is 5.76 Å². The van der Waals surface area contributed by atoms with Gasteiger partial charge in [-0.3, -0.25) is 10.1 Å². The van der Waals surface area contributed by atoms with E-state index in [9.17, 15) is 27.6 Å². The highest BCUT2D eigenvalue weighted by Crippen LogP contribution is 2.32. The van der Waals surface area contributed by atoms with Crippen LogP contribution in [-0.4, -0.2) is 24.0 Å². The van der Waals surface area contributed by atoms with Crippen molar-refractivity contribution in [1.82, 2.24) is 5.32 Å². The van der Waals surface area contributed by atoms with Gasteiger partial charge in [0.25, 0.3) is 5.91 Å². The van der Waals surface area contributed by atoms with Crippen LogP contribution in [0.5, 0.6) is 0 Å². The lowest BCUT2D eigenvalue weighted by Gasteiger charge is -2.10. The van der Waals surface area contributed by atoms with Crippen LogP contribution in [0.15, 0.2) is 40.8 Å². The van der Waals surface area contributed by atoms with Crippen molar-refractivity contribution in [3.63, 3.8) is 0 Å². The maximum absolute atomic E-state index is 12.8. The first kappa shape index (κ1) is 19.0. The summed E-state index contributed by atoms with van der Waals surface area (Å²) in [5.41, 5.74) is 4.01. The fourth-order valence-corrected chi connectivity index (χ4v) is 1.95. The molecule has 2 aromatic rings. The first-order chi connectivity index (χ1) is 12.1. The zero-order valence-electron chi connectivity index (χ0n) is 13.3. The molecule has 7 nitrogen and oxygen atoms in total. The van der Waals surface area contributed by atoms with Crippen molar-refractivity contribution < 1.29 is 36.7 Å². The zero-order chi connectivity index (χ0) is 19.5. The number of imide groups is 1. The summed E-state index contributed by atoms with van der Waals surface area (Å²) in [5.74, 6) is -2.28. The largest absolute Gasteiger partial charge is 0.449 e. The monoisotopic (exact) mass is 370 g/mol.